The molecule has 0 saturated heterocycles. The van der Waals surface area contributed by atoms with Gasteiger partial charge in [-0.25, -0.2) is 0 Å². The number of hydrogen-bond acceptors (Lipinski definition) is 1. The second-order valence-corrected chi connectivity index (χ2v) is 4.37. The van der Waals surface area contributed by atoms with Crippen LogP contribution in [0.5, 0.6) is 0 Å². The lowest BCUT2D eigenvalue weighted by Gasteiger charge is -2.30. The Morgan fingerprint density at radius 3 is 1.64 bits per heavy atom. The van der Waals surface area contributed by atoms with Crippen molar-refractivity contribution in [3.63, 3.8) is 0 Å². The van der Waals surface area contributed by atoms with Crippen molar-refractivity contribution in [1.82, 2.24) is 0 Å². The fourth-order valence-corrected chi connectivity index (χ4v) is 2.18. The highest BCUT2D eigenvalue weighted by Gasteiger charge is 2.28. The largest absolute Gasteiger partial charge is 0.273 e. The zero-order chi connectivity index (χ0) is 10.9. The van der Waals surface area contributed by atoms with Crippen LogP contribution in [0.3, 0.4) is 0 Å². The van der Waals surface area contributed by atoms with Crippen molar-refractivity contribution < 1.29 is 4.29 Å². The molecule has 0 saturated carbocycles. The van der Waals surface area contributed by atoms with Crippen LogP contribution in [0.2, 0.25) is 0 Å². The van der Waals surface area contributed by atoms with E-state index in [4.69, 9.17) is 16.2 Å². The molecular weight excluding hydrogens is 196 g/mol. The van der Waals surface area contributed by atoms with E-state index >= 15 is 0 Å². The first-order valence-corrected chi connectivity index (χ1v) is 6.35. The molecule has 0 atom stereocenters. The van der Waals surface area contributed by atoms with Gasteiger partial charge in [0.1, 0.15) is 0 Å². The molecule has 0 spiro atoms. The van der Waals surface area contributed by atoms with Crippen LogP contribution in [0.25, 0.3) is 0 Å². The third-order valence-corrected chi connectivity index (χ3v) is 3.17. The highest BCUT2D eigenvalue weighted by Crippen LogP contribution is 2.31. The molecule has 0 heterocycles. The summed E-state index contributed by atoms with van der Waals surface area (Å²) in [4.78, 5) is 0. The summed E-state index contributed by atoms with van der Waals surface area (Å²) in [5.41, 5.74) is -0.0394. The lowest BCUT2D eigenvalue weighted by atomic mass is 9.87. The molecule has 1 nitrogen and oxygen atoms in total. The molecule has 0 amide bonds. The van der Waals surface area contributed by atoms with Gasteiger partial charge in [0.05, 0.1) is 17.5 Å². The van der Waals surface area contributed by atoms with Crippen molar-refractivity contribution in [3.05, 3.63) is 0 Å². The summed E-state index contributed by atoms with van der Waals surface area (Å²) in [5, 5.41) is 0. The molecule has 0 aliphatic carbocycles. The highest BCUT2D eigenvalue weighted by atomic mass is 35.5. The summed E-state index contributed by atoms with van der Waals surface area (Å²) < 4.78 is 5.25. The molecule has 0 rings (SSSR count). The van der Waals surface area contributed by atoms with Gasteiger partial charge in [-0.2, -0.15) is 0 Å². The molecule has 0 unspecified atom stereocenters. The van der Waals surface area contributed by atoms with Crippen molar-refractivity contribution in [3.8, 4) is 0 Å². The Bertz CT molecular complexity index is 117. The van der Waals surface area contributed by atoms with Gasteiger partial charge >= 0.3 is 0 Å². The van der Waals surface area contributed by atoms with E-state index < -0.39 is 0 Å². The minimum absolute atomic E-state index is 0.0394. The Balaban J connectivity index is 4.11. The Morgan fingerprint density at radius 1 is 0.857 bits per heavy atom. The number of halogens is 1. The molecule has 0 N–H and O–H groups in total. The molecule has 0 aromatic carbocycles. The summed E-state index contributed by atoms with van der Waals surface area (Å²) in [6.45, 7) is 6.62. The third kappa shape index (κ3) is 5.21. The van der Waals surface area contributed by atoms with E-state index in [2.05, 4.69) is 20.8 Å². The van der Waals surface area contributed by atoms with E-state index in [1.54, 1.807) is 0 Å². The molecule has 0 aromatic heterocycles. The maximum Gasteiger partial charge on any atom is 0.0897 e. The summed E-state index contributed by atoms with van der Waals surface area (Å²) in [6.07, 6.45) is 9.35. The number of hydrogen-bond donors (Lipinski definition) is 0. The lowest BCUT2D eigenvalue weighted by molar-refractivity contribution is 0.0465. The molecule has 0 aliphatic rings. The summed E-state index contributed by atoms with van der Waals surface area (Å²) in [5.74, 6) is 0. The summed E-state index contributed by atoms with van der Waals surface area (Å²) in [6, 6.07) is 0. The molecule has 0 fully saturated rings. The van der Waals surface area contributed by atoms with Gasteiger partial charge in [0.15, 0.2) is 0 Å². The van der Waals surface area contributed by atoms with Crippen molar-refractivity contribution in [2.45, 2.75) is 77.7 Å². The molecule has 86 valence electrons. The van der Waals surface area contributed by atoms with Gasteiger partial charge in [-0.1, -0.05) is 52.9 Å². The summed E-state index contributed by atoms with van der Waals surface area (Å²) >= 11 is 5.67. The number of unbranched alkanes of at least 4 members (excludes halogenated alkanes) is 2. The number of rotatable bonds is 9. The van der Waals surface area contributed by atoms with Gasteiger partial charge < -0.3 is 0 Å². The van der Waals surface area contributed by atoms with E-state index in [0.717, 1.165) is 25.7 Å². The van der Waals surface area contributed by atoms with Gasteiger partial charge in [0.25, 0.3) is 0 Å². The second-order valence-electron chi connectivity index (χ2n) is 4.22. The van der Waals surface area contributed by atoms with E-state index in [1.165, 1.54) is 25.7 Å². The summed E-state index contributed by atoms with van der Waals surface area (Å²) in [7, 11) is 0. The third-order valence-electron chi connectivity index (χ3n) is 2.84. The molecular formula is C12H25ClO. The first-order valence-electron chi connectivity index (χ1n) is 6.04. The SMILES string of the molecule is CCCCC(CCC)(CCCC)OCl. The first kappa shape index (κ1) is 14.2. The molecule has 0 bridgehead atoms. The smallest absolute Gasteiger partial charge is 0.0897 e. The fraction of sp³-hybridized carbons (Fsp3) is 1.00. The Morgan fingerprint density at radius 2 is 1.36 bits per heavy atom. The van der Waals surface area contributed by atoms with E-state index in [0.29, 0.717) is 0 Å². The predicted octanol–water partition coefficient (Wildman–Crippen LogP) is 5.08. The first-order chi connectivity index (χ1) is 6.74. The van der Waals surface area contributed by atoms with Crippen LogP contribution in [0.15, 0.2) is 0 Å². The van der Waals surface area contributed by atoms with Crippen molar-refractivity contribution in [1.29, 1.82) is 0 Å². The van der Waals surface area contributed by atoms with Crippen LogP contribution < -0.4 is 0 Å². The maximum absolute atomic E-state index is 5.67. The van der Waals surface area contributed by atoms with E-state index in [1.807, 2.05) is 0 Å². The van der Waals surface area contributed by atoms with Gasteiger partial charge in [-0.3, -0.25) is 4.29 Å². The van der Waals surface area contributed by atoms with Crippen molar-refractivity contribution in [2.75, 3.05) is 0 Å². The molecule has 0 aliphatic heterocycles. The Hall–Kier alpha value is 0.250. The minimum atomic E-state index is -0.0394. The van der Waals surface area contributed by atoms with E-state index in [-0.39, 0.29) is 5.60 Å². The van der Waals surface area contributed by atoms with Crippen molar-refractivity contribution >= 4 is 11.9 Å². The average molecular weight is 221 g/mol. The van der Waals surface area contributed by atoms with Crippen LogP contribution in [-0.4, -0.2) is 5.60 Å². The van der Waals surface area contributed by atoms with Gasteiger partial charge in [-0.05, 0) is 19.3 Å². The zero-order valence-electron chi connectivity index (χ0n) is 9.94. The Kier molecular flexibility index (Phi) is 8.70. The quantitative estimate of drug-likeness (QED) is 0.527. The van der Waals surface area contributed by atoms with Gasteiger partial charge in [-0.15, -0.1) is 0 Å². The lowest BCUT2D eigenvalue weighted by Crippen LogP contribution is -2.29. The minimum Gasteiger partial charge on any atom is -0.273 e. The standard InChI is InChI=1S/C12H25ClO/c1-4-7-10-12(14-13,9-6-3)11-8-5-2/h4-11H2,1-3H3. The van der Waals surface area contributed by atoms with Crippen LogP contribution >= 0.6 is 11.9 Å². The van der Waals surface area contributed by atoms with Crippen molar-refractivity contribution in [2.24, 2.45) is 0 Å². The molecule has 2 heteroatoms. The van der Waals surface area contributed by atoms with E-state index in [9.17, 15) is 0 Å². The normalized spacial score (nSPS) is 12.0. The monoisotopic (exact) mass is 220 g/mol. The highest BCUT2D eigenvalue weighted by molar-refractivity contribution is 6.07. The van der Waals surface area contributed by atoms with Gasteiger partial charge in [0, 0.05) is 0 Å². The fourth-order valence-electron chi connectivity index (χ4n) is 1.94. The van der Waals surface area contributed by atoms with Crippen LogP contribution in [0.4, 0.5) is 0 Å². The molecule has 0 aromatic rings. The Labute approximate surface area is 94.3 Å². The van der Waals surface area contributed by atoms with Crippen LogP contribution in [0, 0.1) is 0 Å². The maximum atomic E-state index is 5.67. The van der Waals surface area contributed by atoms with Gasteiger partial charge in [0.2, 0.25) is 0 Å². The molecule has 0 radical (unpaired) electrons. The molecule has 14 heavy (non-hydrogen) atoms. The average Bonchev–Trinajstić information content (AvgIpc) is 2.22. The van der Waals surface area contributed by atoms with Crippen LogP contribution in [-0.2, 0) is 4.29 Å². The predicted molar refractivity (Wildman–Crippen MR) is 63.6 cm³/mol. The zero-order valence-corrected chi connectivity index (χ0v) is 10.7. The second kappa shape index (κ2) is 8.55. The van der Waals surface area contributed by atoms with Crippen LogP contribution in [0.1, 0.15) is 72.1 Å². The topological polar surface area (TPSA) is 9.23 Å².